The van der Waals surface area contributed by atoms with Gasteiger partial charge in [0.25, 0.3) is 0 Å². The summed E-state index contributed by atoms with van der Waals surface area (Å²) >= 11 is 0. The van der Waals surface area contributed by atoms with E-state index in [1.807, 2.05) is 13.8 Å². The molecule has 202 valence electrons. The predicted octanol–water partition coefficient (Wildman–Crippen LogP) is 3.58. The van der Waals surface area contributed by atoms with Crippen LogP contribution in [0.1, 0.15) is 89.1 Å². The van der Waals surface area contributed by atoms with Gasteiger partial charge in [-0.05, 0) is 31.7 Å². The van der Waals surface area contributed by atoms with Crippen molar-refractivity contribution in [1.82, 2.24) is 0 Å². The van der Waals surface area contributed by atoms with Gasteiger partial charge >= 0.3 is 0 Å². The van der Waals surface area contributed by atoms with E-state index in [9.17, 15) is 24.6 Å². The number of ketones is 3. The molecule has 0 amide bonds. The van der Waals surface area contributed by atoms with Gasteiger partial charge < -0.3 is 30.2 Å². The smallest absolute Gasteiger partial charge is 0.202 e. The summed E-state index contributed by atoms with van der Waals surface area (Å²) in [6, 6.07) is 4.45. The van der Waals surface area contributed by atoms with Crippen LogP contribution in [0, 0.1) is 11.8 Å². The van der Waals surface area contributed by atoms with Gasteiger partial charge in [0.05, 0.1) is 36.0 Å². The molecule has 0 saturated carbocycles. The fourth-order valence-corrected chi connectivity index (χ4v) is 6.01. The average Bonchev–Trinajstić information content (AvgIpc) is 2.90. The van der Waals surface area contributed by atoms with Crippen molar-refractivity contribution in [2.24, 2.45) is 17.6 Å². The van der Waals surface area contributed by atoms with Crippen LogP contribution in [0.5, 0.6) is 17.2 Å². The van der Waals surface area contributed by atoms with Gasteiger partial charge in [0, 0.05) is 41.5 Å². The van der Waals surface area contributed by atoms with E-state index in [-0.39, 0.29) is 82.2 Å². The number of ether oxygens (including phenoxy) is 3. The lowest BCUT2D eigenvalue weighted by Gasteiger charge is -2.40. The zero-order chi connectivity index (χ0) is 27.5. The van der Waals surface area contributed by atoms with Gasteiger partial charge in [-0.15, -0.1) is 0 Å². The Labute approximate surface area is 220 Å². The zero-order valence-electron chi connectivity index (χ0n) is 21.9. The number of methoxy groups -OCH3 is 1. The maximum Gasteiger partial charge on any atom is 0.202 e. The Morgan fingerprint density at radius 3 is 2.45 bits per heavy atom. The normalized spacial score (nSPS) is 28.3. The molecule has 1 saturated heterocycles. The minimum Gasteiger partial charge on any atom is -0.507 e. The molecule has 0 radical (unpaired) electrons. The molecule has 38 heavy (non-hydrogen) atoms. The Morgan fingerprint density at radius 2 is 1.79 bits per heavy atom. The van der Waals surface area contributed by atoms with Gasteiger partial charge in [-0.3, -0.25) is 14.4 Å². The molecule has 2 aliphatic carbocycles. The molecule has 1 fully saturated rings. The Hall–Kier alpha value is -3.27. The first kappa shape index (κ1) is 26.3. The molecule has 6 atom stereocenters. The summed E-state index contributed by atoms with van der Waals surface area (Å²) in [7, 11) is 1.39. The number of carbonyl (C=O) groups is 3. The Morgan fingerprint density at radius 1 is 1.08 bits per heavy atom. The predicted molar refractivity (Wildman–Crippen MR) is 137 cm³/mol. The van der Waals surface area contributed by atoms with Crippen LogP contribution in [0.4, 0.5) is 0 Å². The van der Waals surface area contributed by atoms with E-state index in [1.165, 1.54) is 13.2 Å². The lowest BCUT2D eigenvalue weighted by atomic mass is 9.73. The first-order valence-corrected chi connectivity index (χ1v) is 13.0. The highest BCUT2D eigenvalue weighted by Gasteiger charge is 2.45. The quantitative estimate of drug-likeness (QED) is 0.427. The van der Waals surface area contributed by atoms with E-state index < -0.39 is 41.4 Å². The number of carbonyl (C=O) groups excluding carboxylic acids is 3. The highest BCUT2D eigenvalue weighted by Crippen LogP contribution is 2.51. The number of phenolic OH excluding ortho intramolecular Hbond substituents is 2. The monoisotopic (exact) mass is 523 g/mol. The molecule has 3 unspecified atom stereocenters. The maximum absolute atomic E-state index is 13.7. The van der Waals surface area contributed by atoms with Crippen LogP contribution in [-0.4, -0.2) is 53.1 Å². The zero-order valence-corrected chi connectivity index (χ0v) is 21.9. The van der Waals surface area contributed by atoms with Crippen molar-refractivity contribution in [1.29, 1.82) is 0 Å². The summed E-state index contributed by atoms with van der Waals surface area (Å²) in [5.74, 6) is -2.30. The van der Waals surface area contributed by atoms with E-state index in [4.69, 9.17) is 19.9 Å². The van der Waals surface area contributed by atoms with Crippen LogP contribution in [0.3, 0.4) is 0 Å². The standard InChI is InChI=1S/C29H33NO8/c1-5-18(31)14-9-16-23(20(10-14)38-21-11-17(30)12(2)13(3)37-21)29(35)25-24(27(16)33)26(32)15-7-6-8-19(36-4)22(15)28(25)34/h6-8,12-14,17,20-21,33,35H,5,9-11,30H2,1-4H3/t12-,13?,14-,17?,20+,21?/m1/s1. The third-order valence-electron chi connectivity index (χ3n) is 8.40. The van der Waals surface area contributed by atoms with Crippen LogP contribution in [-0.2, 0) is 20.7 Å². The molecule has 4 N–H and O–H groups in total. The molecule has 3 aliphatic rings. The molecule has 0 aromatic heterocycles. The van der Waals surface area contributed by atoms with Gasteiger partial charge in [-0.1, -0.05) is 26.0 Å². The van der Waals surface area contributed by atoms with Gasteiger partial charge in [0.15, 0.2) is 12.1 Å². The molecular weight excluding hydrogens is 490 g/mol. The van der Waals surface area contributed by atoms with Crippen LogP contribution in [0.2, 0.25) is 0 Å². The Balaban J connectivity index is 1.65. The van der Waals surface area contributed by atoms with Crippen LogP contribution in [0.25, 0.3) is 0 Å². The summed E-state index contributed by atoms with van der Waals surface area (Å²) < 4.78 is 17.7. The van der Waals surface area contributed by atoms with Crippen molar-refractivity contribution in [3.63, 3.8) is 0 Å². The van der Waals surface area contributed by atoms with E-state index >= 15 is 0 Å². The van der Waals surface area contributed by atoms with Crippen molar-refractivity contribution in [3.05, 3.63) is 51.6 Å². The molecule has 5 rings (SSSR count). The summed E-state index contributed by atoms with van der Waals surface area (Å²) in [6.07, 6.45) is -0.715. The van der Waals surface area contributed by atoms with Crippen LogP contribution >= 0.6 is 0 Å². The lowest BCUT2D eigenvalue weighted by molar-refractivity contribution is -0.231. The molecule has 2 aromatic rings. The van der Waals surface area contributed by atoms with E-state index in [1.54, 1.807) is 19.1 Å². The number of phenols is 2. The minimum atomic E-state index is -0.866. The fourth-order valence-electron chi connectivity index (χ4n) is 6.01. The summed E-state index contributed by atoms with van der Waals surface area (Å²) in [5.41, 5.74) is 6.29. The van der Waals surface area contributed by atoms with Gasteiger partial charge in [0.1, 0.15) is 23.0 Å². The molecule has 9 nitrogen and oxygen atoms in total. The van der Waals surface area contributed by atoms with E-state index in [0.717, 1.165) is 0 Å². The third kappa shape index (κ3) is 4.00. The number of nitrogens with two attached hydrogens (primary N) is 1. The molecule has 0 bridgehead atoms. The summed E-state index contributed by atoms with van der Waals surface area (Å²) in [6.45, 7) is 5.67. The molecular formula is C29H33NO8. The number of hydrogen-bond donors (Lipinski definition) is 3. The molecule has 2 aromatic carbocycles. The molecule has 1 aliphatic heterocycles. The van der Waals surface area contributed by atoms with Gasteiger partial charge in [-0.25, -0.2) is 0 Å². The minimum absolute atomic E-state index is 0.0263. The van der Waals surface area contributed by atoms with Crippen LogP contribution in [0.15, 0.2) is 18.2 Å². The molecule has 1 heterocycles. The average molecular weight is 524 g/mol. The SMILES string of the molecule is CCC(=O)[C@@H]1Cc2c(O)c3c(c(O)c2[C@@H](OC2CC(N)[C@H](C)C(C)O2)C1)C(=O)c1c(OC)cccc1C3=O. The Bertz CT molecular complexity index is 1320. The fraction of sp³-hybridized carbons (Fsp3) is 0.483. The Kier molecular flexibility index (Phi) is 6.79. The first-order valence-electron chi connectivity index (χ1n) is 13.0. The topological polar surface area (TPSA) is 145 Å². The number of aromatic hydroxyl groups is 2. The van der Waals surface area contributed by atoms with Crippen molar-refractivity contribution < 1.29 is 38.8 Å². The molecule has 0 spiro atoms. The van der Waals surface area contributed by atoms with Gasteiger partial charge in [0.2, 0.25) is 5.78 Å². The van der Waals surface area contributed by atoms with Gasteiger partial charge in [-0.2, -0.15) is 0 Å². The number of benzene rings is 2. The third-order valence-corrected chi connectivity index (χ3v) is 8.40. The number of rotatable bonds is 5. The summed E-state index contributed by atoms with van der Waals surface area (Å²) in [5, 5.41) is 23.0. The largest absolute Gasteiger partial charge is 0.507 e. The highest BCUT2D eigenvalue weighted by atomic mass is 16.7. The maximum atomic E-state index is 13.7. The molecule has 9 heteroatoms. The second kappa shape index (κ2) is 9.80. The number of Topliss-reactive ketones (excluding diaryl/α,β-unsaturated/α-hetero) is 1. The second-order valence-corrected chi connectivity index (χ2v) is 10.5. The lowest BCUT2D eigenvalue weighted by Crippen LogP contribution is -2.47. The summed E-state index contributed by atoms with van der Waals surface area (Å²) in [4.78, 5) is 40.0. The highest BCUT2D eigenvalue weighted by molar-refractivity contribution is 6.31. The van der Waals surface area contributed by atoms with Crippen molar-refractivity contribution >= 4 is 17.3 Å². The first-order chi connectivity index (χ1) is 18.1. The van der Waals surface area contributed by atoms with Crippen molar-refractivity contribution in [3.8, 4) is 17.2 Å². The van der Waals surface area contributed by atoms with Crippen LogP contribution < -0.4 is 10.5 Å². The van der Waals surface area contributed by atoms with E-state index in [2.05, 4.69) is 0 Å². The number of hydrogen-bond acceptors (Lipinski definition) is 9. The second-order valence-electron chi connectivity index (χ2n) is 10.5. The van der Waals surface area contributed by atoms with Crippen molar-refractivity contribution in [2.75, 3.05) is 7.11 Å². The van der Waals surface area contributed by atoms with Crippen molar-refractivity contribution in [2.45, 2.75) is 71.0 Å². The number of fused-ring (bicyclic) bond motifs is 3. The van der Waals surface area contributed by atoms with E-state index in [0.29, 0.717) is 6.42 Å².